The molecule has 8 heteroatoms. The highest BCUT2D eigenvalue weighted by molar-refractivity contribution is 7.92. The van der Waals surface area contributed by atoms with Gasteiger partial charge in [0, 0.05) is 29.9 Å². The fourth-order valence-electron chi connectivity index (χ4n) is 2.65. The van der Waals surface area contributed by atoms with Gasteiger partial charge in [-0.2, -0.15) is 11.3 Å². The summed E-state index contributed by atoms with van der Waals surface area (Å²) in [5, 5.41) is 10.7. The van der Waals surface area contributed by atoms with Crippen molar-refractivity contribution in [2.24, 2.45) is 0 Å². The summed E-state index contributed by atoms with van der Waals surface area (Å²) in [5.41, 5.74) is 2.25. The van der Waals surface area contributed by atoms with Gasteiger partial charge in [-0.3, -0.25) is 9.52 Å². The van der Waals surface area contributed by atoms with Crippen LogP contribution < -0.4 is 15.4 Å². The van der Waals surface area contributed by atoms with Gasteiger partial charge in [0.05, 0.1) is 6.26 Å². The highest BCUT2D eigenvalue weighted by Crippen LogP contribution is 2.11. The van der Waals surface area contributed by atoms with Crippen LogP contribution in [0.2, 0.25) is 0 Å². The van der Waals surface area contributed by atoms with Crippen LogP contribution in [0.3, 0.4) is 0 Å². The normalized spacial score (nSPS) is 13.7. The van der Waals surface area contributed by atoms with Crippen LogP contribution in [0.25, 0.3) is 0 Å². The topological polar surface area (TPSA) is 87.3 Å². The highest BCUT2D eigenvalue weighted by atomic mass is 32.2. The zero-order valence-corrected chi connectivity index (χ0v) is 17.5. The highest BCUT2D eigenvalue weighted by Gasteiger charge is 2.14. The molecule has 0 saturated carbocycles. The van der Waals surface area contributed by atoms with Crippen molar-refractivity contribution < 1.29 is 13.2 Å². The summed E-state index contributed by atoms with van der Waals surface area (Å²) >= 11 is 1.70. The van der Waals surface area contributed by atoms with Gasteiger partial charge in [-0.25, -0.2) is 8.42 Å². The lowest BCUT2D eigenvalue weighted by atomic mass is 10.1. The number of amides is 1. The maximum atomic E-state index is 12.4. The Kier molecular flexibility index (Phi) is 7.82. The molecule has 0 saturated heterocycles. The summed E-state index contributed by atoms with van der Waals surface area (Å²) in [6, 6.07) is 8.87. The summed E-state index contributed by atoms with van der Waals surface area (Å²) in [6.45, 7) is 4.87. The third-order valence-electron chi connectivity index (χ3n) is 4.11. The molecule has 6 nitrogen and oxygen atoms in total. The van der Waals surface area contributed by atoms with Gasteiger partial charge >= 0.3 is 0 Å². The van der Waals surface area contributed by atoms with E-state index in [0.717, 1.165) is 19.1 Å². The molecule has 2 atom stereocenters. The second-order valence-electron chi connectivity index (χ2n) is 6.68. The van der Waals surface area contributed by atoms with Crippen LogP contribution in [0.1, 0.15) is 36.2 Å². The quantitative estimate of drug-likeness (QED) is 0.563. The first-order chi connectivity index (χ1) is 12.8. The number of sulfonamides is 1. The van der Waals surface area contributed by atoms with Gasteiger partial charge in [-0.15, -0.1) is 0 Å². The minimum Gasteiger partial charge on any atom is -0.348 e. The van der Waals surface area contributed by atoms with Crippen molar-refractivity contribution in [3.8, 4) is 0 Å². The third-order valence-corrected chi connectivity index (χ3v) is 5.45. The number of hydrogen-bond acceptors (Lipinski definition) is 5. The second-order valence-corrected chi connectivity index (χ2v) is 9.20. The molecule has 148 valence electrons. The lowest BCUT2D eigenvalue weighted by Gasteiger charge is -2.21. The van der Waals surface area contributed by atoms with Crippen LogP contribution in [-0.2, 0) is 16.4 Å². The first-order valence-electron chi connectivity index (χ1n) is 8.90. The molecule has 3 N–H and O–H groups in total. The molecule has 2 rings (SSSR count). The number of thiophene rings is 1. The first-order valence-corrected chi connectivity index (χ1v) is 11.7. The average Bonchev–Trinajstić information content (AvgIpc) is 3.10. The molecule has 1 amide bonds. The Morgan fingerprint density at radius 3 is 2.44 bits per heavy atom. The minimum absolute atomic E-state index is 0.0243. The number of carbonyl (C=O) groups excluding carboxylic acids is 1. The summed E-state index contributed by atoms with van der Waals surface area (Å²) < 4.78 is 24.8. The first kappa shape index (κ1) is 21.4. The van der Waals surface area contributed by atoms with E-state index in [1.165, 1.54) is 5.56 Å². The number of hydrogen-bond donors (Lipinski definition) is 3. The Bertz CT molecular complexity index is 818. The number of carbonyl (C=O) groups is 1. The average molecular weight is 410 g/mol. The number of anilines is 1. The molecule has 1 aromatic heterocycles. The van der Waals surface area contributed by atoms with Gasteiger partial charge in [-0.1, -0.05) is 6.92 Å². The Hall–Kier alpha value is -1.90. The van der Waals surface area contributed by atoms with Crippen molar-refractivity contribution in [3.63, 3.8) is 0 Å². The number of benzene rings is 1. The van der Waals surface area contributed by atoms with E-state index in [1.807, 2.05) is 6.92 Å². The van der Waals surface area contributed by atoms with Gasteiger partial charge in [-0.05, 0) is 66.4 Å². The van der Waals surface area contributed by atoms with E-state index in [0.29, 0.717) is 23.8 Å². The summed E-state index contributed by atoms with van der Waals surface area (Å²) in [4.78, 5) is 12.4. The van der Waals surface area contributed by atoms with E-state index < -0.39 is 10.0 Å². The Balaban J connectivity index is 1.84. The van der Waals surface area contributed by atoms with Crippen molar-refractivity contribution in [3.05, 3.63) is 52.2 Å². The van der Waals surface area contributed by atoms with Crippen LogP contribution in [0.15, 0.2) is 41.1 Å². The summed E-state index contributed by atoms with van der Waals surface area (Å²) in [6.07, 6.45) is 2.87. The molecule has 0 radical (unpaired) electrons. The van der Waals surface area contributed by atoms with Crippen LogP contribution in [-0.4, -0.2) is 39.2 Å². The smallest absolute Gasteiger partial charge is 0.251 e. The molecule has 1 heterocycles. The van der Waals surface area contributed by atoms with E-state index in [2.05, 4.69) is 39.1 Å². The van der Waals surface area contributed by atoms with Gasteiger partial charge in [0.15, 0.2) is 0 Å². The van der Waals surface area contributed by atoms with E-state index in [4.69, 9.17) is 0 Å². The van der Waals surface area contributed by atoms with Gasteiger partial charge < -0.3 is 10.6 Å². The fourth-order valence-corrected chi connectivity index (χ4v) is 3.89. The molecule has 1 aromatic carbocycles. The SMILES string of the molecule is CCC(CNC(C)Cc1ccsc1)NC(=O)c1ccc(NS(C)(=O)=O)cc1. The molecular formula is C19H27N3O3S2. The maximum absolute atomic E-state index is 12.4. The molecule has 0 spiro atoms. The monoisotopic (exact) mass is 409 g/mol. The Labute approximate surface area is 165 Å². The van der Waals surface area contributed by atoms with Crippen LogP contribution in [0.5, 0.6) is 0 Å². The maximum Gasteiger partial charge on any atom is 0.251 e. The lowest BCUT2D eigenvalue weighted by Crippen LogP contribution is -2.44. The molecule has 0 aliphatic heterocycles. The number of rotatable bonds is 10. The predicted octanol–water partition coefficient (Wildman–Crippen LogP) is 2.85. The molecule has 0 aliphatic carbocycles. The third kappa shape index (κ3) is 7.70. The van der Waals surface area contributed by atoms with E-state index >= 15 is 0 Å². The van der Waals surface area contributed by atoms with Gasteiger partial charge in [0.25, 0.3) is 5.91 Å². The van der Waals surface area contributed by atoms with E-state index in [-0.39, 0.29) is 11.9 Å². The predicted molar refractivity (Wildman–Crippen MR) is 112 cm³/mol. The second kappa shape index (κ2) is 9.87. The fraction of sp³-hybridized carbons (Fsp3) is 0.421. The summed E-state index contributed by atoms with van der Waals surface area (Å²) in [7, 11) is -3.33. The largest absolute Gasteiger partial charge is 0.348 e. The van der Waals surface area contributed by atoms with Crippen LogP contribution >= 0.6 is 11.3 Å². The van der Waals surface area contributed by atoms with Crippen LogP contribution in [0.4, 0.5) is 5.69 Å². The van der Waals surface area contributed by atoms with E-state index in [1.54, 1.807) is 35.6 Å². The zero-order chi connectivity index (χ0) is 19.9. The zero-order valence-electron chi connectivity index (χ0n) is 15.9. The van der Waals surface area contributed by atoms with Gasteiger partial charge in [0.1, 0.15) is 0 Å². The van der Waals surface area contributed by atoms with Crippen molar-refractivity contribution in [2.45, 2.75) is 38.8 Å². The number of nitrogens with one attached hydrogen (secondary N) is 3. The van der Waals surface area contributed by atoms with Crippen molar-refractivity contribution >= 4 is 33.0 Å². The molecular weight excluding hydrogens is 382 g/mol. The van der Waals surface area contributed by atoms with Crippen molar-refractivity contribution in [1.29, 1.82) is 0 Å². The van der Waals surface area contributed by atoms with Crippen molar-refractivity contribution in [2.75, 3.05) is 17.5 Å². The lowest BCUT2D eigenvalue weighted by molar-refractivity contribution is 0.0935. The summed E-state index contributed by atoms with van der Waals surface area (Å²) in [5.74, 6) is -0.167. The minimum atomic E-state index is -3.33. The molecule has 0 fully saturated rings. The Morgan fingerprint density at radius 2 is 1.89 bits per heavy atom. The molecule has 0 bridgehead atoms. The Morgan fingerprint density at radius 1 is 1.19 bits per heavy atom. The standard InChI is InChI=1S/C19H27N3O3S2/c1-4-17(12-20-14(2)11-15-9-10-26-13-15)21-19(23)16-5-7-18(8-6-16)22-27(3,24)25/h5-10,13-14,17,20,22H,4,11-12H2,1-3H3,(H,21,23). The van der Waals surface area contributed by atoms with Crippen LogP contribution in [0, 0.1) is 0 Å². The molecule has 2 aromatic rings. The molecule has 0 aliphatic rings. The molecule has 2 unspecified atom stereocenters. The van der Waals surface area contributed by atoms with Gasteiger partial charge in [0.2, 0.25) is 10.0 Å². The van der Waals surface area contributed by atoms with E-state index in [9.17, 15) is 13.2 Å². The van der Waals surface area contributed by atoms with Crippen molar-refractivity contribution in [1.82, 2.24) is 10.6 Å². The molecule has 27 heavy (non-hydrogen) atoms.